The van der Waals surface area contributed by atoms with Crippen LogP contribution in [0.15, 0.2) is 84.1 Å². The summed E-state index contributed by atoms with van der Waals surface area (Å²) in [6.07, 6.45) is 12.6. The van der Waals surface area contributed by atoms with Gasteiger partial charge in [-0.1, -0.05) is 48.4 Å². The van der Waals surface area contributed by atoms with Crippen LogP contribution in [0.2, 0.25) is 0 Å². The zero-order valence-electron chi connectivity index (χ0n) is 14.2. The highest BCUT2D eigenvalue weighted by Gasteiger charge is 2.03. The fraction of sp³-hybridized carbons (Fsp3) is 0.0435. The van der Waals surface area contributed by atoms with Gasteiger partial charge >= 0.3 is 0 Å². The van der Waals surface area contributed by atoms with E-state index >= 15 is 0 Å². The van der Waals surface area contributed by atoms with Crippen LogP contribution >= 0.6 is 0 Å². The molecule has 0 unspecified atom stereocenters. The largest absolute Gasteiger partial charge is 0.480 e. The zero-order valence-corrected chi connectivity index (χ0v) is 14.2. The number of ether oxygens (including phenoxy) is 1. The molecule has 0 radical (unpaired) electrons. The zero-order chi connectivity index (χ0) is 18.0. The lowest BCUT2D eigenvalue weighted by atomic mass is 10.1. The number of para-hydroxylation sites is 1. The third-order valence-corrected chi connectivity index (χ3v) is 3.63. The molecule has 1 aromatic heterocycles. The minimum Gasteiger partial charge on any atom is -0.480 e. The summed E-state index contributed by atoms with van der Waals surface area (Å²) in [6, 6.07) is 21.6. The van der Waals surface area contributed by atoms with Gasteiger partial charge in [-0.3, -0.25) is 9.98 Å². The lowest BCUT2D eigenvalue weighted by Crippen LogP contribution is -1.97. The summed E-state index contributed by atoms with van der Waals surface area (Å²) in [4.78, 5) is 8.89. The molecule has 2 aromatic carbocycles. The molecule has 3 heteroatoms. The first-order valence-electron chi connectivity index (χ1n) is 8.23. The van der Waals surface area contributed by atoms with Crippen molar-refractivity contribution in [3.8, 4) is 18.1 Å². The average molecular weight is 338 g/mol. The maximum atomic E-state index is 5.58. The molecular weight excluding hydrogens is 320 g/mol. The molecule has 0 amide bonds. The Hall–Kier alpha value is -3.64. The predicted molar refractivity (Wildman–Crippen MR) is 107 cm³/mol. The summed E-state index contributed by atoms with van der Waals surface area (Å²) in [5, 5.41) is 0. The highest BCUT2D eigenvalue weighted by molar-refractivity contribution is 5.91. The highest BCUT2D eigenvalue weighted by atomic mass is 16.5. The van der Waals surface area contributed by atoms with Crippen LogP contribution in [-0.4, -0.2) is 17.8 Å². The summed E-state index contributed by atoms with van der Waals surface area (Å²) in [6.45, 7) is 0.222. The maximum absolute atomic E-state index is 5.58. The molecule has 126 valence electrons. The van der Waals surface area contributed by atoms with E-state index in [2.05, 4.69) is 10.9 Å². The van der Waals surface area contributed by atoms with Gasteiger partial charge in [-0.25, -0.2) is 0 Å². The molecule has 0 saturated carbocycles. The van der Waals surface area contributed by atoms with Gasteiger partial charge in [0.2, 0.25) is 0 Å². The normalized spacial score (nSPS) is 11.3. The Kier molecular flexibility index (Phi) is 5.95. The molecule has 0 bridgehead atoms. The van der Waals surface area contributed by atoms with Gasteiger partial charge in [0.05, 0.1) is 5.70 Å². The van der Waals surface area contributed by atoms with Gasteiger partial charge in [-0.15, -0.1) is 6.42 Å². The van der Waals surface area contributed by atoms with E-state index in [1.54, 1.807) is 18.6 Å². The Balaban J connectivity index is 1.96. The Bertz CT molecular complexity index is 939. The molecule has 0 spiro atoms. The molecule has 0 saturated heterocycles. The smallest absolute Gasteiger partial charge is 0.148 e. The van der Waals surface area contributed by atoms with E-state index in [0.29, 0.717) is 5.75 Å². The van der Waals surface area contributed by atoms with E-state index in [4.69, 9.17) is 16.2 Å². The molecule has 3 rings (SSSR count). The van der Waals surface area contributed by atoms with Gasteiger partial charge < -0.3 is 4.74 Å². The monoisotopic (exact) mass is 338 g/mol. The van der Waals surface area contributed by atoms with Crippen LogP contribution in [0.25, 0.3) is 11.8 Å². The van der Waals surface area contributed by atoms with Gasteiger partial charge in [-0.2, -0.15) is 0 Å². The summed E-state index contributed by atoms with van der Waals surface area (Å²) >= 11 is 0. The molecule has 26 heavy (non-hydrogen) atoms. The minimum absolute atomic E-state index is 0.222. The second-order valence-corrected chi connectivity index (χ2v) is 5.47. The topological polar surface area (TPSA) is 34.5 Å². The first kappa shape index (κ1) is 17.2. The van der Waals surface area contributed by atoms with Crippen molar-refractivity contribution in [2.24, 2.45) is 4.99 Å². The van der Waals surface area contributed by atoms with Crippen molar-refractivity contribution in [2.45, 2.75) is 0 Å². The van der Waals surface area contributed by atoms with E-state index in [1.165, 1.54) is 0 Å². The quantitative estimate of drug-likeness (QED) is 0.482. The Morgan fingerprint density at radius 2 is 1.85 bits per heavy atom. The molecule has 0 N–H and O–H groups in total. The van der Waals surface area contributed by atoms with Gasteiger partial charge in [0.1, 0.15) is 12.4 Å². The number of nitrogens with zero attached hydrogens (tertiary/aromatic N) is 2. The number of terminal acetylenes is 1. The SMILES string of the molecule is C#CCOc1ccccc1C=N/C(=C\c1ccccc1)c1cccnc1. The van der Waals surface area contributed by atoms with Crippen molar-refractivity contribution in [1.82, 2.24) is 4.98 Å². The van der Waals surface area contributed by atoms with Gasteiger partial charge in [-0.05, 0) is 35.9 Å². The molecule has 0 atom stereocenters. The standard InChI is InChI=1S/C23H18N2O/c1-2-15-26-23-13-7-6-11-21(23)18-25-22(20-12-8-14-24-17-20)16-19-9-4-3-5-10-19/h1,3-14,16-18H,15H2/b22-16-,25-18?. The van der Waals surface area contributed by atoms with Crippen LogP contribution in [0.1, 0.15) is 16.7 Å². The van der Waals surface area contributed by atoms with E-state index in [1.807, 2.05) is 72.8 Å². The van der Waals surface area contributed by atoms with Crippen molar-refractivity contribution in [2.75, 3.05) is 6.61 Å². The van der Waals surface area contributed by atoms with E-state index in [9.17, 15) is 0 Å². The molecule has 3 nitrogen and oxygen atoms in total. The number of benzene rings is 2. The van der Waals surface area contributed by atoms with Gasteiger partial charge in [0.25, 0.3) is 0 Å². The average Bonchev–Trinajstić information content (AvgIpc) is 2.71. The number of rotatable bonds is 6. The number of pyridine rings is 1. The number of aromatic nitrogens is 1. The summed E-state index contributed by atoms with van der Waals surface area (Å²) in [5.74, 6) is 3.19. The second-order valence-electron chi connectivity index (χ2n) is 5.47. The van der Waals surface area contributed by atoms with E-state index in [-0.39, 0.29) is 6.61 Å². The van der Waals surface area contributed by atoms with Crippen LogP contribution < -0.4 is 4.74 Å². The van der Waals surface area contributed by atoms with Crippen molar-refractivity contribution in [3.05, 3.63) is 95.8 Å². The fourth-order valence-corrected chi connectivity index (χ4v) is 2.39. The third kappa shape index (κ3) is 4.68. The molecular formula is C23H18N2O. The number of hydrogen-bond acceptors (Lipinski definition) is 3. The summed E-state index contributed by atoms with van der Waals surface area (Å²) < 4.78 is 5.58. The van der Waals surface area contributed by atoms with Crippen LogP contribution in [0.5, 0.6) is 5.75 Å². The molecule has 0 fully saturated rings. The van der Waals surface area contributed by atoms with Crippen molar-refractivity contribution in [3.63, 3.8) is 0 Å². The fourth-order valence-electron chi connectivity index (χ4n) is 2.39. The molecule has 3 aromatic rings. The first-order valence-corrected chi connectivity index (χ1v) is 8.23. The Morgan fingerprint density at radius 3 is 2.62 bits per heavy atom. The predicted octanol–water partition coefficient (Wildman–Crippen LogP) is 4.71. The molecule has 0 aliphatic rings. The maximum Gasteiger partial charge on any atom is 0.148 e. The third-order valence-electron chi connectivity index (χ3n) is 3.63. The lowest BCUT2D eigenvalue weighted by Gasteiger charge is -2.06. The van der Waals surface area contributed by atoms with Crippen molar-refractivity contribution >= 4 is 18.0 Å². The highest BCUT2D eigenvalue weighted by Crippen LogP contribution is 2.21. The van der Waals surface area contributed by atoms with Gasteiger partial charge in [0, 0.05) is 29.7 Å². The molecule has 1 heterocycles. The van der Waals surface area contributed by atoms with Crippen molar-refractivity contribution < 1.29 is 4.74 Å². The number of aliphatic imine (C=N–C) groups is 1. The first-order chi connectivity index (χ1) is 12.9. The van der Waals surface area contributed by atoms with E-state index < -0.39 is 0 Å². The summed E-state index contributed by atoms with van der Waals surface area (Å²) in [5.41, 5.74) is 3.69. The number of hydrogen-bond donors (Lipinski definition) is 0. The van der Waals surface area contributed by atoms with Gasteiger partial charge in [0.15, 0.2) is 0 Å². The van der Waals surface area contributed by atoms with Crippen LogP contribution in [0.4, 0.5) is 0 Å². The van der Waals surface area contributed by atoms with Crippen LogP contribution in [-0.2, 0) is 0 Å². The van der Waals surface area contributed by atoms with E-state index in [0.717, 1.165) is 22.4 Å². The Morgan fingerprint density at radius 1 is 1.04 bits per heavy atom. The molecule has 0 aliphatic heterocycles. The van der Waals surface area contributed by atoms with Crippen molar-refractivity contribution in [1.29, 1.82) is 0 Å². The Labute approximate surface area is 153 Å². The van der Waals surface area contributed by atoms with Crippen LogP contribution in [0, 0.1) is 12.3 Å². The summed E-state index contributed by atoms with van der Waals surface area (Å²) in [7, 11) is 0. The molecule has 0 aliphatic carbocycles. The lowest BCUT2D eigenvalue weighted by molar-refractivity contribution is 0.370. The van der Waals surface area contributed by atoms with Crippen LogP contribution in [0.3, 0.4) is 0 Å². The second kappa shape index (κ2) is 9.00. The minimum atomic E-state index is 0.222.